The molecule has 2 aliphatic rings. The number of nitrogens with zero attached hydrogens (tertiary/aromatic N) is 2. The van der Waals surface area contributed by atoms with Gasteiger partial charge in [0.2, 0.25) is 17.7 Å². The van der Waals surface area contributed by atoms with Crippen LogP contribution in [0.5, 0.6) is 0 Å². The number of ether oxygens (including phenoxy) is 1. The van der Waals surface area contributed by atoms with Crippen molar-refractivity contribution in [2.75, 3.05) is 32.8 Å². The van der Waals surface area contributed by atoms with Crippen LogP contribution in [0.2, 0.25) is 0 Å². The summed E-state index contributed by atoms with van der Waals surface area (Å²) in [5.74, 6) is 0.126. The summed E-state index contributed by atoms with van der Waals surface area (Å²) >= 11 is 0. The fourth-order valence-electron chi connectivity index (χ4n) is 2.98. The van der Waals surface area contributed by atoms with Crippen LogP contribution in [-0.2, 0) is 25.7 Å². The number of rotatable bonds is 5. The smallest absolute Gasteiger partial charge is 0.243 e. The van der Waals surface area contributed by atoms with E-state index in [2.05, 4.69) is 5.32 Å². The molecular weight excluding hydrogens is 314 g/mol. The van der Waals surface area contributed by atoms with E-state index in [9.17, 15) is 14.4 Å². The number of carbonyl (C=O) groups is 3. The van der Waals surface area contributed by atoms with Crippen molar-refractivity contribution in [3.05, 3.63) is 24.2 Å². The lowest BCUT2D eigenvalue weighted by Crippen LogP contribution is -2.49. The van der Waals surface area contributed by atoms with Crippen molar-refractivity contribution < 1.29 is 23.5 Å². The summed E-state index contributed by atoms with van der Waals surface area (Å²) < 4.78 is 10.4. The molecule has 0 aromatic carbocycles. The van der Waals surface area contributed by atoms with Gasteiger partial charge in [0.1, 0.15) is 11.8 Å². The summed E-state index contributed by atoms with van der Waals surface area (Å²) in [6, 6.07) is 2.95. The third-order valence-corrected chi connectivity index (χ3v) is 4.31. The minimum atomic E-state index is -0.555. The van der Waals surface area contributed by atoms with Gasteiger partial charge in [-0.05, 0) is 18.6 Å². The number of hydrogen-bond donors (Lipinski definition) is 1. The third kappa shape index (κ3) is 3.76. The summed E-state index contributed by atoms with van der Waals surface area (Å²) in [6.45, 7) is 2.34. The molecule has 8 nitrogen and oxygen atoms in total. The van der Waals surface area contributed by atoms with Crippen LogP contribution >= 0.6 is 0 Å². The number of morpholine rings is 1. The predicted molar refractivity (Wildman–Crippen MR) is 82.7 cm³/mol. The number of carbonyl (C=O) groups excluding carboxylic acids is 3. The SMILES string of the molecule is O=C(NCC(=O)N1CCOCC1)[C@H]1CCC(=O)N1Cc1ccco1. The molecule has 1 aromatic heterocycles. The van der Waals surface area contributed by atoms with Gasteiger partial charge in [-0.1, -0.05) is 0 Å². The maximum absolute atomic E-state index is 12.4. The van der Waals surface area contributed by atoms with Gasteiger partial charge in [0.05, 0.1) is 32.6 Å². The van der Waals surface area contributed by atoms with Gasteiger partial charge in [-0.25, -0.2) is 0 Å². The summed E-state index contributed by atoms with van der Waals surface area (Å²) in [6.07, 6.45) is 2.32. The minimum Gasteiger partial charge on any atom is -0.467 e. The van der Waals surface area contributed by atoms with Crippen molar-refractivity contribution in [1.82, 2.24) is 15.1 Å². The molecule has 130 valence electrons. The molecule has 0 aliphatic carbocycles. The van der Waals surface area contributed by atoms with E-state index in [0.29, 0.717) is 44.9 Å². The quantitative estimate of drug-likeness (QED) is 0.801. The highest BCUT2D eigenvalue weighted by Crippen LogP contribution is 2.21. The Hall–Kier alpha value is -2.35. The molecule has 0 spiro atoms. The fourth-order valence-corrected chi connectivity index (χ4v) is 2.98. The fraction of sp³-hybridized carbons (Fsp3) is 0.562. The van der Waals surface area contributed by atoms with Crippen LogP contribution in [0.3, 0.4) is 0 Å². The van der Waals surface area contributed by atoms with Gasteiger partial charge in [-0.15, -0.1) is 0 Å². The summed E-state index contributed by atoms with van der Waals surface area (Å²) in [4.78, 5) is 39.7. The van der Waals surface area contributed by atoms with Crippen molar-refractivity contribution in [3.63, 3.8) is 0 Å². The van der Waals surface area contributed by atoms with Gasteiger partial charge in [0, 0.05) is 19.5 Å². The molecule has 2 saturated heterocycles. The third-order valence-electron chi connectivity index (χ3n) is 4.31. The van der Waals surface area contributed by atoms with Crippen molar-refractivity contribution >= 4 is 17.7 Å². The van der Waals surface area contributed by atoms with Crippen LogP contribution in [0.1, 0.15) is 18.6 Å². The molecule has 8 heteroatoms. The average molecular weight is 335 g/mol. The Morgan fingerprint density at radius 1 is 1.29 bits per heavy atom. The second-order valence-electron chi connectivity index (χ2n) is 5.87. The molecular formula is C16H21N3O5. The van der Waals surface area contributed by atoms with Gasteiger partial charge in [0.15, 0.2) is 0 Å². The Labute approximate surface area is 139 Å². The highest BCUT2D eigenvalue weighted by molar-refractivity contribution is 5.92. The highest BCUT2D eigenvalue weighted by Gasteiger charge is 2.36. The van der Waals surface area contributed by atoms with Crippen LogP contribution in [0.25, 0.3) is 0 Å². The van der Waals surface area contributed by atoms with E-state index in [1.807, 2.05) is 0 Å². The standard InChI is InChI=1S/C16H21N3O5/c20-14-4-3-13(19(14)11-12-2-1-7-24-12)16(22)17-10-15(21)18-5-8-23-9-6-18/h1-2,7,13H,3-6,8-11H2,(H,17,22)/t13-/m1/s1. The van der Waals surface area contributed by atoms with Gasteiger partial charge in [-0.2, -0.15) is 0 Å². The lowest BCUT2D eigenvalue weighted by molar-refractivity contribution is -0.138. The van der Waals surface area contributed by atoms with Crippen LogP contribution in [-0.4, -0.2) is 66.4 Å². The van der Waals surface area contributed by atoms with Crippen molar-refractivity contribution in [2.24, 2.45) is 0 Å². The first-order valence-corrected chi connectivity index (χ1v) is 8.10. The van der Waals surface area contributed by atoms with E-state index < -0.39 is 6.04 Å². The van der Waals surface area contributed by atoms with Crippen molar-refractivity contribution in [3.8, 4) is 0 Å². The predicted octanol–water partition coefficient (Wildman–Crippen LogP) is -0.254. The molecule has 3 rings (SSSR count). The van der Waals surface area contributed by atoms with E-state index in [-0.39, 0.29) is 30.8 Å². The van der Waals surface area contributed by atoms with Gasteiger partial charge >= 0.3 is 0 Å². The van der Waals surface area contributed by atoms with Crippen molar-refractivity contribution in [2.45, 2.75) is 25.4 Å². The molecule has 24 heavy (non-hydrogen) atoms. The zero-order chi connectivity index (χ0) is 16.9. The lowest BCUT2D eigenvalue weighted by atomic mass is 10.2. The molecule has 3 heterocycles. The normalized spacial score (nSPS) is 21.2. The Bertz CT molecular complexity index is 595. The number of hydrogen-bond acceptors (Lipinski definition) is 5. The van der Waals surface area contributed by atoms with Crippen LogP contribution in [0.4, 0.5) is 0 Å². The molecule has 3 amide bonds. The molecule has 0 saturated carbocycles. The maximum atomic E-state index is 12.4. The van der Waals surface area contributed by atoms with Gasteiger partial charge < -0.3 is 24.3 Å². The summed E-state index contributed by atoms with van der Waals surface area (Å²) in [7, 11) is 0. The van der Waals surface area contributed by atoms with Crippen LogP contribution < -0.4 is 5.32 Å². The molecule has 1 aromatic rings. The Kier molecular flexibility index (Phi) is 5.14. The number of amides is 3. The first-order chi connectivity index (χ1) is 11.6. The molecule has 2 aliphatic heterocycles. The first-order valence-electron chi connectivity index (χ1n) is 8.10. The van der Waals surface area contributed by atoms with E-state index >= 15 is 0 Å². The molecule has 0 unspecified atom stereocenters. The number of nitrogens with one attached hydrogen (secondary N) is 1. The summed E-state index contributed by atoms with van der Waals surface area (Å²) in [5, 5.41) is 2.66. The minimum absolute atomic E-state index is 0.0574. The Morgan fingerprint density at radius 3 is 2.79 bits per heavy atom. The first kappa shape index (κ1) is 16.5. The van der Waals surface area contributed by atoms with Crippen molar-refractivity contribution in [1.29, 1.82) is 0 Å². The zero-order valence-electron chi connectivity index (χ0n) is 13.4. The second-order valence-corrected chi connectivity index (χ2v) is 5.87. The molecule has 0 bridgehead atoms. The largest absolute Gasteiger partial charge is 0.467 e. The lowest BCUT2D eigenvalue weighted by Gasteiger charge is -2.27. The van der Waals surface area contributed by atoms with Crippen LogP contribution in [0, 0.1) is 0 Å². The van der Waals surface area contributed by atoms with Crippen LogP contribution in [0.15, 0.2) is 22.8 Å². The Balaban J connectivity index is 1.53. The molecule has 1 N–H and O–H groups in total. The van der Waals surface area contributed by atoms with E-state index in [1.54, 1.807) is 17.0 Å². The monoisotopic (exact) mass is 335 g/mol. The maximum Gasteiger partial charge on any atom is 0.243 e. The average Bonchev–Trinajstić information content (AvgIpc) is 3.24. The number of likely N-dealkylation sites (tertiary alicyclic amines) is 1. The van der Waals surface area contributed by atoms with Gasteiger partial charge in [-0.3, -0.25) is 14.4 Å². The van der Waals surface area contributed by atoms with Gasteiger partial charge in [0.25, 0.3) is 0 Å². The number of furan rings is 1. The van der Waals surface area contributed by atoms with E-state index in [4.69, 9.17) is 9.15 Å². The molecule has 2 fully saturated rings. The topological polar surface area (TPSA) is 92.1 Å². The zero-order valence-corrected chi connectivity index (χ0v) is 13.4. The Morgan fingerprint density at radius 2 is 2.08 bits per heavy atom. The van der Waals surface area contributed by atoms with E-state index in [1.165, 1.54) is 11.2 Å². The second kappa shape index (κ2) is 7.48. The summed E-state index contributed by atoms with van der Waals surface area (Å²) in [5.41, 5.74) is 0. The highest BCUT2D eigenvalue weighted by atomic mass is 16.5. The molecule has 0 radical (unpaired) electrons. The van der Waals surface area contributed by atoms with E-state index in [0.717, 1.165) is 0 Å². The molecule has 1 atom stereocenters.